The minimum atomic E-state index is -3.83. The topological polar surface area (TPSA) is 55.4 Å². The molecular formula is C15H15Cl2NO3S. The number of rotatable bonds is 4. The van der Waals surface area contributed by atoms with Crippen LogP contribution in [0.4, 0.5) is 5.69 Å². The fraction of sp³-hybridized carbons (Fsp3) is 0.200. The van der Waals surface area contributed by atoms with Gasteiger partial charge in [0.05, 0.1) is 17.8 Å². The van der Waals surface area contributed by atoms with Crippen molar-refractivity contribution in [1.82, 2.24) is 0 Å². The third kappa shape index (κ3) is 3.48. The summed E-state index contributed by atoms with van der Waals surface area (Å²) >= 11 is 11.8. The zero-order chi connectivity index (χ0) is 16.5. The summed E-state index contributed by atoms with van der Waals surface area (Å²) in [5.41, 5.74) is 2.05. The van der Waals surface area contributed by atoms with Crippen molar-refractivity contribution in [1.29, 1.82) is 0 Å². The third-order valence-corrected chi connectivity index (χ3v) is 5.18. The third-order valence-electron chi connectivity index (χ3n) is 3.24. The van der Waals surface area contributed by atoms with Gasteiger partial charge in [0, 0.05) is 5.02 Å². The summed E-state index contributed by atoms with van der Waals surface area (Å²) in [7, 11) is -2.40. The Morgan fingerprint density at radius 1 is 1.05 bits per heavy atom. The molecule has 0 spiro atoms. The van der Waals surface area contributed by atoms with Crippen molar-refractivity contribution in [2.75, 3.05) is 11.8 Å². The molecule has 2 rings (SSSR count). The highest BCUT2D eigenvalue weighted by atomic mass is 35.5. The van der Waals surface area contributed by atoms with Gasteiger partial charge in [-0.15, -0.1) is 0 Å². The van der Waals surface area contributed by atoms with Gasteiger partial charge in [-0.3, -0.25) is 4.72 Å². The summed E-state index contributed by atoms with van der Waals surface area (Å²) in [5.74, 6) is 0.278. The van der Waals surface area contributed by atoms with E-state index in [4.69, 9.17) is 27.9 Å². The van der Waals surface area contributed by atoms with Crippen molar-refractivity contribution in [2.45, 2.75) is 18.7 Å². The molecule has 118 valence electrons. The minimum Gasteiger partial charge on any atom is -0.495 e. The van der Waals surface area contributed by atoms with E-state index in [1.54, 1.807) is 18.2 Å². The lowest BCUT2D eigenvalue weighted by Crippen LogP contribution is -2.15. The zero-order valence-electron chi connectivity index (χ0n) is 12.3. The molecule has 2 aromatic rings. The van der Waals surface area contributed by atoms with Crippen LogP contribution in [-0.2, 0) is 10.0 Å². The van der Waals surface area contributed by atoms with Crippen LogP contribution in [-0.4, -0.2) is 15.5 Å². The van der Waals surface area contributed by atoms with Gasteiger partial charge in [0.1, 0.15) is 10.6 Å². The van der Waals surface area contributed by atoms with Gasteiger partial charge in [-0.05, 0) is 55.3 Å². The first-order chi connectivity index (χ1) is 10.2. The van der Waals surface area contributed by atoms with Crippen molar-refractivity contribution < 1.29 is 13.2 Å². The van der Waals surface area contributed by atoms with E-state index < -0.39 is 10.0 Å². The van der Waals surface area contributed by atoms with E-state index in [0.29, 0.717) is 5.02 Å². The van der Waals surface area contributed by atoms with Gasteiger partial charge < -0.3 is 4.74 Å². The molecule has 0 heterocycles. The van der Waals surface area contributed by atoms with Crippen LogP contribution in [0.2, 0.25) is 10.0 Å². The van der Waals surface area contributed by atoms with Crippen LogP contribution in [0.1, 0.15) is 11.1 Å². The summed E-state index contributed by atoms with van der Waals surface area (Å²) in [6, 6.07) is 7.80. The summed E-state index contributed by atoms with van der Waals surface area (Å²) in [5, 5.41) is 0.649. The Labute approximate surface area is 140 Å². The molecule has 7 heteroatoms. The minimum absolute atomic E-state index is 0.0594. The normalized spacial score (nSPS) is 11.3. The molecule has 0 unspecified atom stereocenters. The molecule has 2 aromatic carbocycles. The molecule has 0 aliphatic carbocycles. The molecule has 0 aromatic heterocycles. The van der Waals surface area contributed by atoms with E-state index in [1.807, 2.05) is 13.8 Å². The van der Waals surface area contributed by atoms with Gasteiger partial charge >= 0.3 is 0 Å². The van der Waals surface area contributed by atoms with E-state index in [1.165, 1.54) is 19.2 Å². The van der Waals surface area contributed by atoms with Gasteiger partial charge in [0.15, 0.2) is 0 Å². The Hall–Kier alpha value is -1.43. The predicted molar refractivity (Wildman–Crippen MR) is 89.7 cm³/mol. The summed E-state index contributed by atoms with van der Waals surface area (Å²) in [6.45, 7) is 3.72. The Morgan fingerprint density at radius 3 is 2.27 bits per heavy atom. The number of methoxy groups -OCH3 is 1. The number of hydrogen-bond acceptors (Lipinski definition) is 3. The molecule has 0 amide bonds. The van der Waals surface area contributed by atoms with Gasteiger partial charge in [0.2, 0.25) is 0 Å². The number of anilines is 1. The smallest absolute Gasteiger partial charge is 0.265 e. The fourth-order valence-corrected chi connectivity index (χ4v) is 3.73. The first-order valence-corrected chi connectivity index (χ1v) is 8.61. The number of nitrogens with one attached hydrogen (secondary N) is 1. The lowest BCUT2D eigenvalue weighted by molar-refractivity contribution is 0.402. The molecule has 0 atom stereocenters. The van der Waals surface area contributed by atoms with Crippen LogP contribution in [0.25, 0.3) is 0 Å². The van der Waals surface area contributed by atoms with Gasteiger partial charge in [-0.2, -0.15) is 0 Å². The Bertz CT molecular complexity index is 820. The number of halogens is 2. The first kappa shape index (κ1) is 16.9. The average molecular weight is 360 g/mol. The highest BCUT2D eigenvalue weighted by Gasteiger charge is 2.21. The Morgan fingerprint density at radius 2 is 1.68 bits per heavy atom. The van der Waals surface area contributed by atoms with Crippen molar-refractivity contribution in [3.8, 4) is 5.75 Å². The largest absolute Gasteiger partial charge is 0.495 e. The zero-order valence-corrected chi connectivity index (χ0v) is 14.6. The van der Waals surface area contributed by atoms with Crippen LogP contribution < -0.4 is 9.46 Å². The summed E-state index contributed by atoms with van der Waals surface area (Å²) in [4.78, 5) is 0.0594. The van der Waals surface area contributed by atoms with Crippen LogP contribution >= 0.6 is 23.2 Å². The van der Waals surface area contributed by atoms with Crippen LogP contribution in [0, 0.1) is 13.8 Å². The molecule has 1 N–H and O–H groups in total. The molecular weight excluding hydrogens is 345 g/mol. The van der Waals surface area contributed by atoms with Crippen molar-refractivity contribution >= 4 is 38.9 Å². The molecule has 0 bridgehead atoms. The van der Waals surface area contributed by atoms with Gasteiger partial charge in [-0.25, -0.2) is 8.42 Å². The second-order valence-corrected chi connectivity index (χ2v) is 7.31. The van der Waals surface area contributed by atoms with E-state index >= 15 is 0 Å². The molecule has 0 aliphatic heterocycles. The quantitative estimate of drug-likeness (QED) is 0.878. The standard InChI is InChI=1S/C15H15Cl2NO3S/c1-9-6-14(21-3)15(7-10(9)2)22(19,20)18-13-5-4-11(16)8-12(13)17/h4-8,18H,1-3H3. The number of hydrogen-bond donors (Lipinski definition) is 1. The number of ether oxygens (including phenoxy) is 1. The summed E-state index contributed by atoms with van der Waals surface area (Å²) < 4.78 is 32.8. The summed E-state index contributed by atoms with van der Waals surface area (Å²) in [6.07, 6.45) is 0. The van der Waals surface area contributed by atoms with Crippen molar-refractivity contribution in [2.24, 2.45) is 0 Å². The van der Waals surface area contributed by atoms with Crippen LogP contribution in [0.5, 0.6) is 5.75 Å². The molecule has 0 saturated heterocycles. The Kier molecular flexibility index (Phi) is 4.90. The van der Waals surface area contributed by atoms with Gasteiger partial charge in [0.25, 0.3) is 10.0 Å². The predicted octanol–water partition coefficient (Wildman–Crippen LogP) is 4.42. The maximum absolute atomic E-state index is 12.6. The molecule has 0 radical (unpaired) electrons. The van der Waals surface area contributed by atoms with E-state index in [9.17, 15) is 8.42 Å². The van der Waals surface area contributed by atoms with E-state index in [-0.39, 0.29) is 21.4 Å². The molecule has 4 nitrogen and oxygen atoms in total. The number of aryl methyl sites for hydroxylation is 2. The lowest BCUT2D eigenvalue weighted by atomic mass is 10.1. The second kappa shape index (κ2) is 6.36. The van der Waals surface area contributed by atoms with Crippen LogP contribution in [0.3, 0.4) is 0 Å². The average Bonchev–Trinajstić information content (AvgIpc) is 2.44. The van der Waals surface area contributed by atoms with Crippen LogP contribution in [0.15, 0.2) is 35.2 Å². The lowest BCUT2D eigenvalue weighted by Gasteiger charge is -2.14. The first-order valence-electron chi connectivity index (χ1n) is 6.37. The van der Waals surface area contributed by atoms with Gasteiger partial charge in [-0.1, -0.05) is 23.2 Å². The second-order valence-electron chi connectivity index (χ2n) is 4.82. The fourth-order valence-electron chi connectivity index (χ4n) is 1.90. The molecule has 0 saturated carbocycles. The molecule has 22 heavy (non-hydrogen) atoms. The number of sulfonamides is 1. The maximum Gasteiger partial charge on any atom is 0.265 e. The molecule has 0 fully saturated rings. The maximum atomic E-state index is 12.6. The monoisotopic (exact) mass is 359 g/mol. The highest BCUT2D eigenvalue weighted by molar-refractivity contribution is 7.92. The Balaban J connectivity index is 2.49. The van der Waals surface area contributed by atoms with E-state index in [0.717, 1.165) is 11.1 Å². The highest BCUT2D eigenvalue weighted by Crippen LogP contribution is 2.31. The van der Waals surface area contributed by atoms with Crippen molar-refractivity contribution in [3.63, 3.8) is 0 Å². The SMILES string of the molecule is COc1cc(C)c(C)cc1S(=O)(=O)Nc1ccc(Cl)cc1Cl. The van der Waals surface area contributed by atoms with Crippen molar-refractivity contribution in [3.05, 3.63) is 51.5 Å². The number of benzene rings is 2. The molecule has 0 aliphatic rings. The van der Waals surface area contributed by atoms with E-state index in [2.05, 4.69) is 4.72 Å².